The van der Waals surface area contributed by atoms with Crippen LogP contribution in [0.5, 0.6) is 0 Å². The van der Waals surface area contributed by atoms with E-state index in [1.54, 1.807) is 6.92 Å². The summed E-state index contributed by atoms with van der Waals surface area (Å²) < 4.78 is 77.0. The van der Waals surface area contributed by atoms with Crippen molar-refractivity contribution in [1.82, 2.24) is 0 Å². The summed E-state index contributed by atoms with van der Waals surface area (Å²) in [6, 6.07) is 1.97. The molecule has 0 aromatic heterocycles. The lowest BCUT2D eigenvalue weighted by atomic mass is 9.84. The smallest absolute Gasteiger partial charge is 0.417 e. The Balaban J connectivity index is 2.63. The Morgan fingerprint density at radius 3 is 2.52 bits per heavy atom. The predicted octanol–water partition coefficient (Wildman–Crippen LogP) is 4.33. The first-order chi connectivity index (χ1) is 11.5. The monoisotopic (exact) mass is 364 g/mol. The van der Waals surface area contributed by atoms with Crippen LogP contribution in [0, 0.1) is 18.6 Å². The summed E-state index contributed by atoms with van der Waals surface area (Å²) in [6.45, 7) is 3.02. The zero-order valence-corrected chi connectivity index (χ0v) is 13.9. The maximum atomic E-state index is 13.9. The molecule has 25 heavy (non-hydrogen) atoms. The SMILES string of the molecule is CCOC(=O)C1=C(c2ccc(F)c(F)c2C)C[C@](C)(C(F)(F)F)OC1. The van der Waals surface area contributed by atoms with Crippen LogP contribution < -0.4 is 0 Å². The van der Waals surface area contributed by atoms with E-state index >= 15 is 0 Å². The fraction of sp³-hybridized carbons (Fsp3) is 0.471. The van der Waals surface area contributed by atoms with E-state index in [-0.39, 0.29) is 28.9 Å². The highest BCUT2D eigenvalue weighted by Crippen LogP contribution is 2.45. The number of esters is 1. The minimum atomic E-state index is -4.70. The van der Waals surface area contributed by atoms with Crippen LogP contribution in [0.4, 0.5) is 22.0 Å². The second-order valence-electron chi connectivity index (χ2n) is 5.91. The largest absolute Gasteiger partial charge is 0.463 e. The van der Waals surface area contributed by atoms with Crippen LogP contribution in [0.3, 0.4) is 0 Å². The van der Waals surface area contributed by atoms with Crippen molar-refractivity contribution < 1.29 is 36.2 Å². The highest BCUT2D eigenvalue weighted by Gasteiger charge is 2.55. The molecule has 8 heteroatoms. The van der Waals surface area contributed by atoms with Crippen molar-refractivity contribution in [2.45, 2.75) is 39.0 Å². The predicted molar refractivity (Wildman–Crippen MR) is 79.7 cm³/mol. The van der Waals surface area contributed by atoms with E-state index in [0.717, 1.165) is 19.1 Å². The van der Waals surface area contributed by atoms with Gasteiger partial charge in [-0.25, -0.2) is 13.6 Å². The van der Waals surface area contributed by atoms with Gasteiger partial charge in [-0.2, -0.15) is 13.2 Å². The van der Waals surface area contributed by atoms with Gasteiger partial charge in [0.2, 0.25) is 0 Å². The number of benzene rings is 1. The molecule has 2 rings (SSSR count). The van der Waals surface area contributed by atoms with Gasteiger partial charge in [0.25, 0.3) is 0 Å². The normalized spacial score (nSPS) is 21.4. The molecule has 0 saturated heterocycles. The Hall–Kier alpha value is -1.96. The Morgan fingerprint density at radius 2 is 1.96 bits per heavy atom. The number of carbonyl (C=O) groups is 1. The molecular weight excluding hydrogens is 347 g/mol. The van der Waals surface area contributed by atoms with Crippen LogP contribution in [0.1, 0.15) is 31.4 Å². The third kappa shape index (κ3) is 3.53. The highest BCUT2D eigenvalue weighted by molar-refractivity contribution is 5.99. The molecule has 0 unspecified atom stereocenters. The molecule has 0 aliphatic carbocycles. The molecular formula is C17H17F5O3. The van der Waals surface area contributed by atoms with Gasteiger partial charge in [-0.05, 0) is 43.5 Å². The molecule has 0 radical (unpaired) electrons. The van der Waals surface area contributed by atoms with Gasteiger partial charge in [-0.1, -0.05) is 6.07 Å². The van der Waals surface area contributed by atoms with E-state index in [1.807, 2.05) is 0 Å². The van der Waals surface area contributed by atoms with E-state index in [4.69, 9.17) is 9.47 Å². The quantitative estimate of drug-likeness (QED) is 0.592. The van der Waals surface area contributed by atoms with Gasteiger partial charge in [0.1, 0.15) is 0 Å². The number of halogens is 5. The Labute approximate surface area is 141 Å². The standard InChI is InChI=1S/C17H17F5O3/c1-4-24-15(23)12-8-25-16(3,17(20,21)22)7-11(12)10-5-6-13(18)14(19)9(10)2/h5-6H,4,7-8H2,1-3H3/t16-/m1/s1. The number of rotatable bonds is 3. The van der Waals surface area contributed by atoms with E-state index in [1.165, 1.54) is 6.92 Å². The Morgan fingerprint density at radius 1 is 1.32 bits per heavy atom. The molecule has 1 aromatic rings. The van der Waals surface area contributed by atoms with E-state index < -0.39 is 42.4 Å². The van der Waals surface area contributed by atoms with Crippen molar-refractivity contribution in [1.29, 1.82) is 0 Å². The van der Waals surface area contributed by atoms with Crippen LogP contribution in [-0.2, 0) is 14.3 Å². The molecule has 0 bridgehead atoms. The average molecular weight is 364 g/mol. The number of hydrogen-bond acceptors (Lipinski definition) is 3. The molecule has 0 N–H and O–H groups in total. The van der Waals surface area contributed by atoms with Gasteiger partial charge in [-0.3, -0.25) is 0 Å². The average Bonchev–Trinajstić information content (AvgIpc) is 2.52. The van der Waals surface area contributed by atoms with Crippen LogP contribution in [0.15, 0.2) is 17.7 Å². The topological polar surface area (TPSA) is 35.5 Å². The maximum absolute atomic E-state index is 13.9. The van der Waals surface area contributed by atoms with E-state index in [0.29, 0.717) is 0 Å². The summed E-state index contributed by atoms with van der Waals surface area (Å²) >= 11 is 0. The van der Waals surface area contributed by atoms with Gasteiger partial charge in [0.15, 0.2) is 17.2 Å². The van der Waals surface area contributed by atoms with Crippen LogP contribution in [-0.4, -0.2) is 31.0 Å². The van der Waals surface area contributed by atoms with E-state index in [9.17, 15) is 26.7 Å². The third-order valence-corrected chi connectivity index (χ3v) is 4.20. The zero-order valence-electron chi connectivity index (χ0n) is 13.9. The van der Waals surface area contributed by atoms with Gasteiger partial charge < -0.3 is 9.47 Å². The summed E-state index contributed by atoms with van der Waals surface area (Å²) in [7, 11) is 0. The van der Waals surface area contributed by atoms with Crippen LogP contribution >= 0.6 is 0 Å². The number of alkyl halides is 3. The molecule has 0 saturated carbocycles. The maximum Gasteiger partial charge on any atom is 0.417 e. The minimum Gasteiger partial charge on any atom is -0.463 e. The van der Waals surface area contributed by atoms with Gasteiger partial charge in [0.05, 0.1) is 18.8 Å². The molecule has 138 valence electrons. The molecule has 1 aliphatic heterocycles. The fourth-order valence-electron chi connectivity index (χ4n) is 2.63. The minimum absolute atomic E-state index is 0.0168. The molecule has 0 amide bonds. The molecule has 0 fully saturated rings. The van der Waals surface area contributed by atoms with Gasteiger partial charge in [-0.15, -0.1) is 0 Å². The summed E-state index contributed by atoms with van der Waals surface area (Å²) in [6.07, 6.45) is -5.42. The van der Waals surface area contributed by atoms with Gasteiger partial charge >= 0.3 is 12.1 Å². The third-order valence-electron chi connectivity index (χ3n) is 4.20. The Bertz CT molecular complexity index is 724. The van der Waals surface area contributed by atoms with Crippen molar-refractivity contribution in [2.75, 3.05) is 13.2 Å². The zero-order chi connectivity index (χ0) is 19.0. The molecule has 1 atom stereocenters. The number of ether oxygens (including phenoxy) is 2. The lowest BCUT2D eigenvalue weighted by Crippen LogP contribution is -2.48. The summed E-state index contributed by atoms with van der Waals surface area (Å²) in [5, 5.41) is 0. The molecule has 0 spiro atoms. The van der Waals surface area contributed by atoms with E-state index in [2.05, 4.69) is 0 Å². The summed E-state index contributed by atoms with van der Waals surface area (Å²) in [4.78, 5) is 12.1. The first-order valence-corrected chi connectivity index (χ1v) is 7.56. The van der Waals surface area contributed by atoms with Crippen LogP contribution in [0.25, 0.3) is 5.57 Å². The summed E-state index contributed by atoms with van der Waals surface area (Å²) in [5.41, 5.74) is -2.88. The first kappa shape index (κ1) is 19.4. The lowest BCUT2D eigenvalue weighted by molar-refractivity contribution is -0.268. The van der Waals surface area contributed by atoms with Crippen molar-refractivity contribution in [3.8, 4) is 0 Å². The fourth-order valence-corrected chi connectivity index (χ4v) is 2.63. The van der Waals surface area contributed by atoms with Crippen molar-refractivity contribution in [3.05, 3.63) is 40.5 Å². The molecule has 1 aromatic carbocycles. The molecule has 3 nitrogen and oxygen atoms in total. The number of carbonyl (C=O) groups excluding carboxylic acids is 1. The molecule has 1 heterocycles. The first-order valence-electron chi connectivity index (χ1n) is 7.56. The highest BCUT2D eigenvalue weighted by atomic mass is 19.4. The summed E-state index contributed by atoms with van der Waals surface area (Å²) in [5.74, 6) is -3.13. The van der Waals surface area contributed by atoms with Crippen molar-refractivity contribution in [3.63, 3.8) is 0 Å². The lowest BCUT2D eigenvalue weighted by Gasteiger charge is -2.37. The Kier molecular flexibility index (Phi) is 5.22. The number of hydrogen-bond donors (Lipinski definition) is 0. The van der Waals surface area contributed by atoms with Crippen LogP contribution in [0.2, 0.25) is 0 Å². The molecule has 1 aliphatic rings. The van der Waals surface area contributed by atoms with Crippen molar-refractivity contribution in [2.24, 2.45) is 0 Å². The van der Waals surface area contributed by atoms with Crippen molar-refractivity contribution >= 4 is 11.5 Å². The van der Waals surface area contributed by atoms with Gasteiger partial charge in [0, 0.05) is 6.42 Å². The second-order valence-corrected chi connectivity index (χ2v) is 5.91. The second kappa shape index (κ2) is 6.74.